The molecule has 0 fully saturated rings. The number of halogens is 1. The van der Waals surface area contributed by atoms with Gasteiger partial charge in [0, 0.05) is 4.47 Å². The van der Waals surface area contributed by atoms with Gasteiger partial charge in [0.25, 0.3) is 0 Å². The molecule has 0 heterocycles. The number of hydrogen-bond acceptors (Lipinski definition) is 2. The van der Waals surface area contributed by atoms with Crippen molar-refractivity contribution in [1.82, 2.24) is 0 Å². The van der Waals surface area contributed by atoms with E-state index in [1.807, 2.05) is 31.2 Å². The Morgan fingerprint density at radius 1 is 1.15 bits per heavy atom. The van der Waals surface area contributed by atoms with E-state index in [1.54, 1.807) is 12.1 Å². The highest BCUT2D eigenvalue weighted by atomic mass is 79.9. The van der Waals surface area contributed by atoms with Crippen LogP contribution in [0.5, 0.6) is 0 Å². The standard InChI is InChI=1S/C17H17BrO2/c1-13-9-10-15(12-16(13)18)17(19)20-11-5-8-14-6-3-2-4-7-14/h2-4,6-7,9-10,12H,5,8,11H2,1H3. The van der Waals surface area contributed by atoms with Gasteiger partial charge in [0.15, 0.2) is 0 Å². The van der Waals surface area contributed by atoms with E-state index >= 15 is 0 Å². The Hall–Kier alpha value is -1.61. The molecule has 2 aromatic carbocycles. The minimum absolute atomic E-state index is 0.265. The van der Waals surface area contributed by atoms with E-state index in [0.29, 0.717) is 12.2 Å². The predicted octanol–water partition coefficient (Wildman–Crippen LogP) is 4.55. The Balaban J connectivity index is 1.79. The molecule has 0 radical (unpaired) electrons. The molecule has 20 heavy (non-hydrogen) atoms. The molecule has 0 aliphatic carbocycles. The number of esters is 1. The van der Waals surface area contributed by atoms with Crippen molar-refractivity contribution in [2.45, 2.75) is 19.8 Å². The molecule has 0 saturated heterocycles. The molecule has 0 N–H and O–H groups in total. The van der Waals surface area contributed by atoms with E-state index in [1.165, 1.54) is 5.56 Å². The number of benzene rings is 2. The van der Waals surface area contributed by atoms with Gasteiger partial charge in [-0.05, 0) is 43.0 Å². The van der Waals surface area contributed by atoms with Crippen LogP contribution in [0, 0.1) is 6.92 Å². The van der Waals surface area contributed by atoms with Crippen LogP contribution in [0.2, 0.25) is 0 Å². The van der Waals surface area contributed by atoms with Gasteiger partial charge in [0.1, 0.15) is 0 Å². The first-order valence-corrected chi connectivity index (χ1v) is 7.43. The minimum Gasteiger partial charge on any atom is -0.462 e. The average Bonchev–Trinajstić information content (AvgIpc) is 2.47. The molecule has 104 valence electrons. The van der Waals surface area contributed by atoms with Crippen LogP contribution in [0.3, 0.4) is 0 Å². The van der Waals surface area contributed by atoms with Crippen LogP contribution in [-0.2, 0) is 11.2 Å². The Morgan fingerprint density at radius 2 is 1.90 bits per heavy atom. The van der Waals surface area contributed by atoms with E-state index in [0.717, 1.165) is 22.9 Å². The molecular formula is C17H17BrO2. The molecule has 0 saturated carbocycles. The van der Waals surface area contributed by atoms with Gasteiger partial charge in [-0.1, -0.05) is 52.3 Å². The van der Waals surface area contributed by atoms with E-state index in [9.17, 15) is 4.79 Å². The zero-order chi connectivity index (χ0) is 14.4. The third-order valence-corrected chi connectivity index (χ3v) is 3.95. The van der Waals surface area contributed by atoms with Crippen LogP contribution in [-0.4, -0.2) is 12.6 Å². The van der Waals surface area contributed by atoms with E-state index in [2.05, 4.69) is 28.1 Å². The average molecular weight is 333 g/mol. The number of hydrogen-bond donors (Lipinski definition) is 0. The van der Waals surface area contributed by atoms with Crippen LogP contribution < -0.4 is 0 Å². The SMILES string of the molecule is Cc1ccc(C(=O)OCCCc2ccccc2)cc1Br. The van der Waals surface area contributed by atoms with Crippen molar-refractivity contribution in [2.75, 3.05) is 6.61 Å². The molecule has 2 rings (SSSR count). The summed E-state index contributed by atoms with van der Waals surface area (Å²) in [5.41, 5.74) is 2.95. The molecule has 0 unspecified atom stereocenters. The first-order valence-electron chi connectivity index (χ1n) is 6.64. The lowest BCUT2D eigenvalue weighted by Gasteiger charge is -2.06. The Bertz CT molecular complexity index is 579. The fraction of sp³-hybridized carbons (Fsp3) is 0.235. The van der Waals surface area contributed by atoms with Crippen molar-refractivity contribution in [1.29, 1.82) is 0 Å². The maximum Gasteiger partial charge on any atom is 0.338 e. The second-order valence-electron chi connectivity index (χ2n) is 4.69. The lowest BCUT2D eigenvalue weighted by molar-refractivity contribution is 0.0500. The molecule has 0 aromatic heterocycles. The highest BCUT2D eigenvalue weighted by Crippen LogP contribution is 2.18. The topological polar surface area (TPSA) is 26.3 Å². The zero-order valence-electron chi connectivity index (χ0n) is 11.4. The summed E-state index contributed by atoms with van der Waals surface area (Å²) in [6, 6.07) is 15.7. The fourth-order valence-electron chi connectivity index (χ4n) is 1.89. The molecule has 0 aliphatic heterocycles. The van der Waals surface area contributed by atoms with E-state index in [4.69, 9.17) is 4.74 Å². The molecular weight excluding hydrogens is 316 g/mol. The summed E-state index contributed by atoms with van der Waals surface area (Å²) in [6.07, 6.45) is 1.76. The van der Waals surface area contributed by atoms with Crippen molar-refractivity contribution in [2.24, 2.45) is 0 Å². The summed E-state index contributed by atoms with van der Waals surface area (Å²) >= 11 is 3.42. The summed E-state index contributed by atoms with van der Waals surface area (Å²) in [4.78, 5) is 11.9. The monoisotopic (exact) mass is 332 g/mol. The van der Waals surface area contributed by atoms with Crippen LogP contribution >= 0.6 is 15.9 Å². The fourth-order valence-corrected chi connectivity index (χ4v) is 2.27. The summed E-state index contributed by atoms with van der Waals surface area (Å²) in [6.45, 7) is 2.43. The van der Waals surface area contributed by atoms with Gasteiger partial charge in [-0.3, -0.25) is 0 Å². The van der Waals surface area contributed by atoms with Crippen LogP contribution in [0.1, 0.15) is 27.9 Å². The smallest absolute Gasteiger partial charge is 0.338 e. The lowest BCUT2D eigenvalue weighted by Crippen LogP contribution is -2.07. The number of rotatable bonds is 5. The van der Waals surface area contributed by atoms with Gasteiger partial charge >= 0.3 is 5.97 Å². The zero-order valence-corrected chi connectivity index (χ0v) is 13.0. The quantitative estimate of drug-likeness (QED) is 0.593. The third-order valence-electron chi connectivity index (χ3n) is 3.09. The number of ether oxygens (including phenoxy) is 1. The van der Waals surface area contributed by atoms with Gasteiger partial charge in [-0.15, -0.1) is 0 Å². The summed E-state index contributed by atoms with van der Waals surface area (Å²) in [5, 5.41) is 0. The van der Waals surface area contributed by atoms with Crippen LogP contribution in [0.4, 0.5) is 0 Å². The molecule has 2 aromatic rings. The number of aryl methyl sites for hydroxylation is 2. The summed E-state index contributed by atoms with van der Waals surface area (Å²) in [5.74, 6) is -0.265. The van der Waals surface area contributed by atoms with Gasteiger partial charge in [-0.2, -0.15) is 0 Å². The van der Waals surface area contributed by atoms with Gasteiger partial charge in [-0.25, -0.2) is 4.79 Å². The van der Waals surface area contributed by atoms with E-state index < -0.39 is 0 Å². The molecule has 2 nitrogen and oxygen atoms in total. The molecule has 0 bridgehead atoms. The third kappa shape index (κ3) is 4.20. The number of carbonyl (C=O) groups excluding carboxylic acids is 1. The lowest BCUT2D eigenvalue weighted by atomic mass is 10.1. The Labute approximate surface area is 127 Å². The predicted molar refractivity (Wildman–Crippen MR) is 83.9 cm³/mol. The maximum atomic E-state index is 11.9. The number of carbonyl (C=O) groups is 1. The summed E-state index contributed by atoms with van der Waals surface area (Å²) < 4.78 is 6.21. The van der Waals surface area contributed by atoms with Crippen LogP contribution in [0.25, 0.3) is 0 Å². The summed E-state index contributed by atoms with van der Waals surface area (Å²) in [7, 11) is 0. The van der Waals surface area contributed by atoms with Crippen molar-refractivity contribution < 1.29 is 9.53 Å². The van der Waals surface area contributed by atoms with Crippen molar-refractivity contribution in [3.05, 3.63) is 69.7 Å². The first-order chi connectivity index (χ1) is 9.66. The molecule has 0 spiro atoms. The van der Waals surface area contributed by atoms with Gasteiger partial charge < -0.3 is 4.74 Å². The first kappa shape index (κ1) is 14.8. The molecule has 0 amide bonds. The highest BCUT2D eigenvalue weighted by molar-refractivity contribution is 9.10. The van der Waals surface area contributed by atoms with E-state index in [-0.39, 0.29) is 5.97 Å². The van der Waals surface area contributed by atoms with Gasteiger partial charge in [0.05, 0.1) is 12.2 Å². The Morgan fingerprint density at radius 3 is 2.60 bits per heavy atom. The second-order valence-corrected chi connectivity index (χ2v) is 5.54. The maximum absolute atomic E-state index is 11.9. The minimum atomic E-state index is -0.265. The molecule has 0 atom stereocenters. The normalized spacial score (nSPS) is 10.3. The largest absolute Gasteiger partial charge is 0.462 e. The van der Waals surface area contributed by atoms with Crippen molar-refractivity contribution in [3.8, 4) is 0 Å². The molecule has 0 aliphatic rings. The van der Waals surface area contributed by atoms with Crippen molar-refractivity contribution in [3.63, 3.8) is 0 Å². The molecule has 3 heteroatoms. The van der Waals surface area contributed by atoms with Crippen molar-refractivity contribution >= 4 is 21.9 Å². The van der Waals surface area contributed by atoms with Crippen LogP contribution in [0.15, 0.2) is 53.0 Å². The second kappa shape index (κ2) is 7.25. The Kier molecular flexibility index (Phi) is 5.36. The highest BCUT2D eigenvalue weighted by Gasteiger charge is 2.08. The van der Waals surface area contributed by atoms with Gasteiger partial charge in [0.2, 0.25) is 0 Å².